The number of carboxylic acids is 1. The molecule has 0 aromatic heterocycles. The van der Waals surface area contributed by atoms with E-state index in [1.54, 1.807) is 19.9 Å². The normalized spacial score (nSPS) is 14.9. The molecule has 0 aliphatic carbocycles. The molecule has 4 atom stereocenters. The van der Waals surface area contributed by atoms with Crippen LogP contribution in [0.25, 0.3) is 0 Å². The molecule has 226 valence electrons. The fourth-order valence-corrected chi connectivity index (χ4v) is 4.26. The lowest BCUT2D eigenvalue weighted by atomic mass is 9.79. The smallest absolute Gasteiger partial charge is 0.321 e. The van der Waals surface area contributed by atoms with Crippen LogP contribution in [0.15, 0.2) is 18.2 Å². The van der Waals surface area contributed by atoms with Crippen LogP contribution in [0.2, 0.25) is 0 Å². The lowest BCUT2D eigenvalue weighted by Gasteiger charge is -2.32. The minimum Gasteiger partial charge on any atom is -0.480 e. The van der Waals surface area contributed by atoms with E-state index in [2.05, 4.69) is 0 Å². The zero-order valence-corrected chi connectivity index (χ0v) is 25.7. The predicted octanol–water partition coefficient (Wildman–Crippen LogP) is 6.01. The van der Waals surface area contributed by atoms with Crippen LogP contribution in [0.4, 0.5) is 0 Å². The Morgan fingerprint density at radius 3 is 1.85 bits per heavy atom. The number of rotatable bonds is 14. The zero-order valence-electron chi connectivity index (χ0n) is 25.7. The van der Waals surface area contributed by atoms with Gasteiger partial charge >= 0.3 is 23.9 Å². The molecule has 3 N–H and O–H groups in total. The molecule has 40 heavy (non-hydrogen) atoms. The third-order valence-electron chi connectivity index (χ3n) is 6.43. The van der Waals surface area contributed by atoms with Crippen molar-refractivity contribution in [2.24, 2.45) is 22.5 Å². The number of esters is 3. The molecule has 0 aliphatic heterocycles. The van der Waals surface area contributed by atoms with Gasteiger partial charge in [-0.3, -0.25) is 19.2 Å². The number of nitrogens with two attached hydrogens (primary N) is 1. The van der Waals surface area contributed by atoms with Gasteiger partial charge < -0.3 is 25.1 Å². The van der Waals surface area contributed by atoms with Crippen molar-refractivity contribution >= 4 is 23.9 Å². The Morgan fingerprint density at radius 2 is 1.38 bits per heavy atom. The molecule has 0 bridgehead atoms. The van der Waals surface area contributed by atoms with E-state index in [0.717, 1.165) is 12.8 Å². The number of hydrogen-bond acceptors (Lipinski definition) is 8. The molecule has 0 spiro atoms. The number of carbonyl (C=O) groups excluding carboxylic acids is 3. The molecule has 0 fully saturated rings. The molecule has 1 aromatic rings. The second kappa shape index (κ2) is 15.2. The zero-order chi connectivity index (χ0) is 30.8. The molecule has 9 heteroatoms. The summed E-state index contributed by atoms with van der Waals surface area (Å²) >= 11 is 0. The summed E-state index contributed by atoms with van der Waals surface area (Å²) in [7, 11) is 0. The number of unbranched alkanes of at least 4 members (excludes halogenated alkanes) is 2. The van der Waals surface area contributed by atoms with Crippen molar-refractivity contribution in [1.82, 2.24) is 0 Å². The highest BCUT2D eigenvalue weighted by atomic mass is 16.6. The predicted molar refractivity (Wildman–Crippen MR) is 153 cm³/mol. The van der Waals surface area contributed by atoms with E-state index in [-0.39, 0.29) is 47.6 Å². The number of aliphatic carboxylic acids is 1. The van der Waals surface area contributed by atoms with Crippen LogP contribution in [0, 0.1) is 16.7 Å². The molecule has 1 rings (SSSR count). The van der Waals surface area contributed by atoms with Crippen LogP contribution >= 0.6 is 0 Å². The van der Waals surface area contributed by atoms with Gasteiger partial charge in [-0.1, -0.05) is 74.3 Å². The van der Waals surface area contributed by atoms with Crippen molar-refractivity contribution in [2.45, 2.75) is 119 Å². The van der Waals surface area contributed by atoms with Gasteiger partial charge in [0.2, 0.25) is 0 Å². The first-order valence-electron chi connectivity index (χ1n) is 14.1. The fraction of sp³-hybridized carbons (Fsp3) is 0.677. The summed E-state index contributed by atoms with van der Waals surface area (Å²) in [5.41, 5.74) is 5.93. The highest BCUT2D eigenvalue weighted by molar-refractivity contribution is 5.78. The summed E-state index contributed by atoms with van der Waals surface area (Å²) < 4.78 is 16.8. The van der Waals surface area contributed by atoms with Gasteiger partial charge in [-0.05, 0) is 41.9 Å². The van der Waals surface area contributed by atoms with Crippen molar-refractivity contribution in [2.75, 3.05) is 0 Å². The Bertz CT molecular complexity index is 1020. The Balaban J connectivity index is 3.43. The first kappa shape index (κ1) is 35.1. The maximum atomic E-state index is 12.8. The third-order valence-corrected chi connectivity index (χ3v) is 6.43. The number of hydrogen-bond donors (Lipinski definition) is 2. The van der Waals surface area contributed by atoms with E-state index in [1.807, 2.05) is 48.5 Å². The van der Waals surface area contributed by atoms with Crippen LogP contribution in [0.3, 0.4) is 0 Å². The summed E-state index contributed by atoms with van der Waals surface area (Å²) in [4.78, 5) is 49.7. The van der Waals surface area contributed by atoms with E-state index in [4.69, 9.17) is 19.9 Å². The Kier molecular flexibility index (Phi) is 13.3. The lowest BCUT2D eigenvalue weighted by Crippen LogP contribution is -2.42. The molecule has 0 saturated heterocycles. The Hall–Kier alpha value is -2.94. The number of benzene rings is 1. The van der Waals surface area contributed by atoms with Gasteiger partial charge in [0.25, 0.3) is 0 Å². The molecule has 0 heterocycles. The average Bonchev–Trinajstić information content (AvgIpc) is 2.78. The molecular formula is C31H49NO8. The van der Waals surface area contributed by atoms with Crippen molar-refractivity contribution < 1.29 is 38.5 Å². The van der Waals surface area contributed by atoms with Crippen molar-refractivity contribution in [1.29, 1.82) is 0 Å². The van der Waals surface area contributed by atoms with Gasteiger partial charge in [-0.15, -0.1) is 0 Å². The SMILES string of the molecule is CCCCCC(=O)OC(C)C(C)C(c1ccc(OC(=O)CC(C)(C)C)c(OC(=O)CC(C)(C)C)c1)[C@H](N)C(=O)O. The highest BCUT2D eigenvalue weighted by Crippen LogP contribution is 2.38. The largest absolute Gasteiger partial charge is 0.480 e. The topological polar surface area (TPSA) is 142 Å². The van der Waals surface area contributed by atoms with Crippen molar-refractivity contribution in [3.63, 3.8) is 0 Å². The summed E-state index contributed by atoms with van der Waals surface area (Å²) in [6.07, 6.45) is 2.48. The maximum absolute atomic E-state index is 12.8. The number of ether oxygens (including phenoxy) is 3. The molecule has 1 aromatic carbocycles. The average molecular weight is 564 g/mol. The molecule has 9 nitrogen and oxygen atoms in total. The van der Waals surface area contributed by atoms with E-state index >= 15 is 0 Å². The minimum atomic E-state index is -1.34. The first-order chi connectivity index (χ1) is 18.3. The second-order valence-corrected chi connectivity index (χ2v) is 13.0. The van der Waals surface area contributed by atoms with Crippen LogP contribution < -0.4 is 15.2 Å². The van der Waals surface area contributed by atoms with Gasteiger partial charge in [0, 0.05) is 18.3 Å². The van der Waals surface area contributed by atoms with Crippen molar-refractivity contribution in [3.05, 3.63) is 23.8 Å². The second-order valence-electron chi connectivity index (χ2n) is 13.0. The van der Waals surface area contributed by atoms with Gasteiger partial charge in [0.05, 0.1) is 12.8 Å². The minimum absolute atomic E-state index is 0.00647. The van der Waals surface area contributed by atoms with Crippen LogP contribution in [0.5, 0.6) is 11.5 Å². The molecule has 0 amide bonds. The first-order valence-corrected chi connectivity index (χ1v) is 14.1. The Labute approximate surface area is 239 Å². The fourth-order valence-electron chi connectivity index (χ4n) is 4.26. The summed E-state index contributed by atoms with van der Waals surface area (Å²) in [6, 6.07) is 3.22. The molecule has 0 aliphatic rings. The molecular weight excluding hydrogens is 514 g/mol. The standard InChI is InChI=1S/C31H49NO8/c1-10-11-12-13-24(33)38-20(3)19(2)27(28(32)29(36)37)21-14-15-22(39-25(34)17-30(4,5)6)23(16-21)40-26(35)18-31(7,8)9/h14-16,19-20,27-28H,10-13,17-18,32H2,1-9H3,(H,36,37)/t19?,20?,27?,28-/m0/s1. The van der Waals surface area contributed by atoms with E-state index in [0.29, 0.717) is 12.0 Å². The number of carbonyl (C=O) groups is 4. The van der Waals surface area contributed by atoms with Gasteiger partial charge in [-0.2, -0.15) is 0 Å². The van der Waals surface area contributed by atoms with Gasteiger partial charge in [0.1, 0.15) is 12.1 Å². The maximum Gasteiger partial charge on any atom is 0.321 e. The van der Waals surface area contributed by atoms with Gasteiger partial charge in [0.15, 0.2) is 11.5 Å². The number of carboxylic acid groups (broad SMARTS) is 1. The molecule has 0 radical (unpaired) electrons. The molecule has 0 saturated carbocycles. The van der Waals surface area contributed by atoms with Gasteiger partial charge in [-0.25, -0.2) is 0 Å². The van der Waals surface area contributed by atoms with E-state index in [9.17, 15) is 24.3 Å². The summed E-state index contributed by atoms with van der Waals surface area (Å²) in [6.45, 7) is 16.9. The summed E-state index contributed by atoms with van der Waals surface area (Å²) in [5.74, 6) is -3.88. The van der Waals surface area contributed by atoms with E-state index in [1.165, 1.54) is 12.1 Å². The Morgan fingerprint density at radius 1 is 0.850 bits per heavy atom. The van der Waals surface area contributed by atoms with Crippen LogP contribution in [0.1, 0.15) is 112 Å². The lowest BCUT2D eigenvalue weighted by molar-refractivity contribution is -0.151. The third kappa shape index (κ3) is 12.5. The monoisotopic (exact) mass is 563 g/mol. The molecule has 3 unspecified atom stereocenters. The summed E-state index contributed by atoms with van der Waals surface area (Å²) in [5, 5.41) is 9.81. The highest BCUT2D eigenvalue weighted by Gasteiger charge is 2.36. The van der Waals surface area contributed by atoms with Crippen LogP contribution in [-0.4, -0.2) is 41.1 Å². The van der Waals surface area contributed by atoms with Crippen LogP contribution in [-0.2, 0) is 23.9 Å². The quantitative estimate of drug-likeness (QED) is 0.158. The van der Waals surface area contributed by atoms with Crippen molar-refractivity contribution in [3.8, 4) is 11.5 Å². The van der Waals surface area contributed by atoms with E-state index < -0.39 is 41.9 Å².